The number of fused-ring (bicyclic) bond motifs is 1. The normalized spacial score (nSPS) is 11.9. The second-order valence-corrected chi connectivity index (χ2v) is 8.43. The van der Waals surface area contributed by atoms with Crippen LogP contribution < -0.4 is 18.9 Å². The Morgan fingerprint density at radius 2 is 1.12 bits per heavy atom. The third-order valence-electron chi connectivity index (χ3n) is 6.03. The molecule has 4 aromatic carbocycles. The van der Waals surface area contributed by atoms with Gasteiger partial charge in [-0.15, -0.1) is 0 Å². The van der Waals surface area contributed by atoms with Crippen molar-refractivity contribution in [1.29, 1.82) is 0 Å². The molecule has 4 nitrogen and oxygen atoms in total. The van der Waals surface area contributed by atoms with E-state index in [4.69, 9.17) is 18.9 Å². The van der Waals surface area contributed by atoms with Crippen LogP contribution in [0.2, 0.25) is 0 Å². The predicted octanol–water partition coefficient (Wildman–Crippen LogP) is 6.79. The van der Waals surface area contributed by atoms with Crippen molar-refractivity contribution in [3.63, 3.8) is 0 Å². The largest absolute Gasteiger partial charge is 0.497 e. The minimum absolute atomic E-state index is 0.306. The molecule has 0 bridgehead atoms. The fourth-order valence-electron chi connectivity index (χ4n) is 4.13. The number of ether oxygens (including phenoxy) is 4. The maximum Gasteiger partial charge on any atom is 0.231 e. The molecule has 1 aliphatic rings. The molecule has 0 saturated carbocycles. The Morgan fingerprint density at radius 3 is 1.76 bits per heavy atom. The average molecular weight is 453 g/mol. The van der Waals surface area contributed by atoms with Crippen molar-refractivity contribution < 1.29 is 18.9 Å². The highest BCUT2D eigenvalue weighted by Gasteiger charge is 2.13. The molecule has 0 amide bonds. The molecule has 172 valence electrons. The molecule has 4 aromatic rings. The van der Waals surface area contributed by atoms with Crippen LogP contribution in [0, 0.1) is 0 Å². The summed E-state index contributed by atoms with van der Waals surface area (Å²) in [6.07, 6.45) is 3.79. The standard InChI is InChI=1S/C30H28O4/c1-31-26-15-12-22(13-16-26)8-9-23-4-2-6-27(18-23)34-28-7-3-5-24(19-28)10-11-25-14-17-29-30(20-25)33-21-32-29/h2-7,12-20H,8-11,21H2,1H3. The molecule has 0 N–H and O–H groups in total. The highest BCUT2D eigenvalue weighted by atomic mass is 16.7. The van der Waals surface area contributed by atoms with Gasteiger partial charge in [-0.1, -0.05) is 42.5 Å². The molecule has 0 spiro atoms. The molecule has 34 heavy (non-hydrogen) atoms. The fraction of sp³-hybridized carbons (Fsp3) is 0.200. The van der Waals surface area contributed by atoms with Crippen molar-refractivity contribution in [2.75, 3.05) is 13.9 Å². The lowest BCUT2D eigenvalue weighted by atomic mass is 10.0. The first-order chi connectivity index (χ1) is 16.7. The Morgan fingerprint density at radius 1 is 0.559 bits per heavy atom. The lowest BCUT2D eigenvalue weighted by Crippen LogP contribution is -1.94. The summed E-state index contributed by atoms with van der Waals surface area (Å²) in [5.41, 5.74) is 5.03. The summed E-state index contributed by atoms with van der Waals surface area (Å²) < 4.78 is 22.3. The molecule has 1 aliphatic heterocycles. The molecule has 5 rings (SSSR count). The summed E-state index contributed by atoms with van der Waals surface area (Å²) in [6.45, 7) is 0.306. The lowest BCUT2D eigenvalue weighted by molar-refractivity contribution is 0.174. The Kier molecular flexibility index (Phi) is 6.66. The Balaban J connectivity index is 1.18. The number of rotatable bonds is 9. The minimum atomic E-state index is 0.306. The van der Waals surface area contributed by atoms with E-state index < -0.39 is 0 Å². The zero-order chi connectivity index (χ0) is 23.2. The maximum atomic E-state index is 6.20. The molecule has 0 aliphatic carbocycles. The van der Waals surface area contributed by atoms with Gasteiger partial charge >= 0.3 is 0 Å². The van der Waals surface area contributed by atoms with Gasteiger partial charge in [0.25, 0.3) is 0 Å². The molecule has 0 saturated heterocycles. The van der Waals surface area contributed by atoms with Crippen molar-refractivity contribution >= 4 is 0 Å². The second-order valence-electron chi connectivity index (χ2n) is 8.43. The molecule has 0 fully saturated rings. The summed E-state index contributed by atoms with van der Waals surface area (Å²) in [5, 5.41) is 0. The van der Waals surface area contributed by atoms with Crippen molar-refractivity contribution in [2.45, 2.75) is 25.7 Å². The fourth-order valence-corrected chi connectivity index (χ4v) is 4.13. The van der Waals surface area contributed by atoms with Crippen molar-refractivity contribution in [3.8, 4) is 28.7 Å². The third kappa shape index (κ3) is 5.52. The van der Waals surface area contributed by atoms with E-state index in [1.54, 1.807) is 7.11 Å². The zero-order valence-electron chi connectivity index (χ0n) is 19.3. The van der Waals surface area contributed by atoms with Crippen LogP contribution in [0.3, 0.4) is 0 Å². The minimum Gasteiger partial charge on any atom is -0.497 e. The summed E-state index contributed by atoms with van der Waals surface area (Å²) >= 11 is 0. The number of methoxy groups -OCH3 is 1. The zero-order valence-corrected chi connectivity index (χ0v) is 19.3. The highest BCUT2D eigenvalue weighted by Crippen LogP contribution is 2.33. The van der Waals surface area contributed by atoms with Gasteiger partial charge in [-0.2, -0.15) is 0 Å². The molecular formula is C30H28O4. The van der Waals surface area contributed by atoms with E-state index >= 15 is 0 Å². The number of hydrogen-bond donors (Lipinski definition) is 0. The first kappa shape index (κ1) is 21.9. The van der Waals surface area contributed by atoms with Gasteiger partial charge in [-0.3, -0.25) is 0 Å². The van der Waals surface area contributed by atoms with Gasteiger partial charge in [0, 0.05) is 0 Å². The van der Waals surface area contributed by atoms with Crippen LogP contribution in [0.5, 0.6) is 28.7 Å². The van der Waals surface area contributed by atoms with Gasteiger partial charge in [0.15, 0.2) is 11.5 Å². The third-order valence-corrected chi connectivity index (χ3v) is 6.03. The summed E-state index contributed by atoms with van der Waals surface area (Å²) in [4.78, 5) is 0. The van der Waals surface area contributed by atoms with Crippen LogP contribution in [-0.2, 0) is 25.7 Å². The van der Waals surface area contributed by atoms with Crippen LogP contribution in [0.25, 0.3) is 0 Å². The van der Waals surface area contributed by atoms with Gasteiger partial charge in [0.1, 0.15) is 17.2 Å². The van der Waals surface area contributed by atoms with Crippen LogP contribution in [-0.4, -0.2) is 13.9 Å². The Bertz CT molecular complexity index is 1250. The molecular weight excluding hydrogens is 424 g/mol. The van der Waals surface area contributed by atoms with E-state index in [1.807, 2.05) is 30.3 Å². The van der Waals surface area contributed by atoms with Crippen LogP contribution in [0.1, 0.15) is 22.3 Å². The van der Waals surface area contributed by atoms with Gasteiger partial charge in [-0.05, 0) is 96.5 Å². The monoisotopic (exact) mass is 452 g/mol. The van der Waals surface area contributed by atoms with E-state index in [-0.39, 0.29) is 0 Å². The molecule has 0 aromatic heterocycles. The summed E-state index contributed by atoms with van der Waals surface area (Å²) in [6, 6.07) is 31.1. The van der Waals surface area contributed by atoms with Crippen molar-refractivity contribution in [1.82, 2.24) is 0 Å². The molecule has 0 atom stereocenters. The SMILES string of the molecule is COc1ccc(CCc2cccc(Oc3cccc(CCc4ccc5c(c4)OCO5)c3)c2)cc1. The van der Waals surface area contributed by atoms with Gasteiger partial charge in [0.05, 0.1) is 7.11 Å². The molecule has 0 unspecified atom stereocenters. The first-order valence-corrected chi connectivity index (χ1v) is 11.6. The van der Waals surface area contributed by atoms with Gasteiger partial charge in [0.2, 0.25) is 6.79 Å². The van der Waals surface area contributed by atoms with Gasteiger partial charge < -0.3 is 18.9 Å². The maximum absolute atomic E-state index is 6.20. The highest BCUT2D eigenvalue weighted by molar-refractivity contribution is 5.45. The van der Waals surface area contributed by atoms with E-state index in [0.29, 0.717) is 6.79 Å². The van der Waals surface area contributed by atoms with Crippen LogP contribution >= 0.6 is 0 Å². The summed E-state index contributed by atoms with van der Waals surface area (Å²) in [5.74, 6) is 4.26. The van der Waals surface area contributed by atoms with Crippen LogP contribution in [0.15, 0.2) is 91.0 Å². The van der Waals surface area contributed by atoms with E-state index in [2.05, 4.69) is 60.7 Å². The number of aryl methyl sites for hydroxylation is 4. The first-order valence-electron chi connectivity index (χ1n) is 11.6. The smallest absolute Gasteiger partial charge is 0.231 e. The van der Waals surface area contributed by atoms with Crippen molar-refractivity contribution in [3.05, 3.63) is 113 Å². The topological polar surface area (TPSA) is 36.9 Å². The van der Waals surface area contributed by atoms with E-state index in [0.717, 1.165) is 54.4 Å². The quantitative estimate of drug-likeness (QED) is 0.280. The predicted molar refractivity (Wildman–Crippen MR) is 133 cm³/mol. The number of benzene rings is 4. The molecule has 4 heteroatoms. The Hall–Kier alpha value is -3.92. The summed E-state index contributed by atoms with van der Waals surface area (Å²) in [7, 11) is 1.69. The van der Waals surface area contributed by atoms with Crippen molar-refractivity contribution in [2.24, 2.45) is 0 Å². The number of hydrogen-bond acceptors (Lipinski definition) is 4. The lowest BCUT2D eigenvalue weighted by Gasteiger charge is -2.10. The van der Waals surface area contributed by atoms with E-state index in [1.165, 1.54) is 22.3 Å². The Labute approximate surface area is 200 Å². The average Bonchev–Trinajstić information content (AvgIpc) is 3.35. The van der Waals surface area contributed by atoms with Crippen LogP contribution in [0.4, 0.5) is 0 Å². The molecule has 1 heterocycles. The van der Waals surface area contributed by atoms with Gasteiger partial charge in [-0.25, -0.2) is 0 Å². The van der Waals surface area contributed by atoms with E-state index in [9.17, 15) is 0 Å². The molecule has 0 radical (unpaired) electrons. The second kappa shape index (κ2) is 10.3.